The Morgan fingerprint density at radius 2 is 2.10 bits per heavy atom. The van der Waals surface area contributed by atoms with Crippen molar-refractivity contribution in [2.45, 2.75) is 12.5 Å². The number of ether oxygens (including phenoxy) is 1. The molecule has 3 rings (SSSR count). The predicted molar refractivity (Wildman–Crippen MR) is 90.5 cm³/mol. The first kappa shape index (κ1) is 14.4. The van der Waals surface area contributed by atoms with Gasteiger partial charge in [0, 0.05) is 10.9 Å². The molecule has 1 unspecified atom stereocenters. The van der Waals surface area contributed by atoms with E-state index in [9.17, 15) is 0 Å². The Morgan fingerprint density at radius 1 is 1.24 bits per heavy atom. The van der Waals surface area contributed by atoms with E-state index in [4.69, 9.17) is 22.1 Å². The highest BCUT2D eigenvalue weighted by atomic mass is 35.5. The van der Waals surface area contributed by atoms with Gasteiger partial charge in [-0.1, -0.05) is 35.9 Å². The van der Waals surface area contributed by atoms with Crippen LogP contribution in [-0.4, -0.2) is 7.11 Å². The summed E-state index contributed by atoms with van der Waals surface area (Å²) in [5, 5.41) is 5.10. The highest BCUT2D eigenvalue weighted by Crippen LogP contribution is 2.31. The summed E-state index contributed by atoms with van der Waals surface area (Å²) in [5.74, 6) is 0.859. The SMILES string of the molecule is COc1ccc2cccc(CC(N)c3sccc3Cl)c2c1. The molecule has 2 nitrogen and oxygen atoms in total. The van der Waals surface area contributed by atoms with E-state index in [2.05, 4.69) is 30.3 Å². The molecule has 0 radical (unpaired) electrons. The van der Waals surface area contributed by atoms with Gasteiger partial charge in [0.2, 0.25) is 0 Å². The quantitative estimate of drug-likeness (QED) is 0.749. The fraction of sp³-hybridized carbons (Fsp3) is 0.176. The Labute approximate surface area is 133 Å². The van der Waals surface area contributed by atoms with E-state index in [1.165, 1.54) is 16.3 Å². The predicted octanol–water partition coefficient (Wildman–Crippen LogP) is 4.81. The van der Waals surface area contributed by atoms with Gasteiger partial charge in [0.1, 0.15) is 5.75 Å². The van der Waals surface area contributed by atoms with Crippen LogP contribution in [0.25, 0.3) is 10.8 Å². The van der Waals surface area contributed by atoms with Crippen LogP contribution < -0.4 is 10.5 Å². The standard InChI is InChI=1S/C17H16ClNOS/c1-20-13-6-5-11-3-2-4-12(14(11)10-13)9-16(19)17-15(18)7-8-21-17/h2-8,10,16H,9,19H2,1H3. The lowest BCUT2D eigenvalue weighted by atomic mass is 9.98. The number of fused-ring (bicyclic) bond motifs is 1. The molecule has 0 saturated carbocycles. The van der Waals surface area contributed by atoms with Gasteiger partial charge in [0.05, 0.1) is 12.1 Å². The molecule has 2 N–H and O–H groups in total. The Kier molecular flexibility index (Phi) is 4.15. The molecule has 0 bridgehead atoms. The fourth-order valence-corrected chi connectivity index (χ4v) is 3.72. The molecule has 0 saturated heterocycles. The van der Waals surface area contributed by atoms with E-state index < -0.39 is 0 Å². The maximum Gasteiger partial charge on any atom is 0.119 e. The molecular weight excluding hydrogens is 302 g/mol. The van der Waals surface area contributed by atoms with Crippen LogP contribution >= 0.6 is 22.9 Å². The molecule has 108 valence electrons. The van der Waals surface area contributed by atoms with Crippen LogP contribution in [0.4, 0.5) is 0 Å². The van der Waals surface area contributed by atoms with Gasteiger partial charge in [-0.05, 0) is 46.3 Å². The van der Waals surface area contributed by atoms with E-state index >= 15 is 0 Å². The lowest BCUT2D eigenvalue weighted by Crippen LogP contribution is -2.12. The molecule has 0 fully saturated rings. The number of benzene rings is 2. The highest BCUT2D eigenvalue weighted by Gasteiger charge is 2.14. The van der Waals surface area contributed by atoms with Crippen LogP contribution in [-0.2, 0) is 6.42 Å². The summed E-state index contributed by atoms with van der Waals surface area (Å²) in [6.45, 7) is 0. The summed E-state index contributed by atoms with van der Waals surface area (Å²) in [4.78, 5) is 1.04. The van der Waals surface area contributed by atoms with Crippen molar-refractivity contribution in [2.75, 3.05) is 7.11 Å². The van der Waals surface area contributed by atoms with E-state index in [1.807, 2.05) is 17.5 Å². The van der Waals surface area contributed by atoms with Crippen molar-refractivity contribution in [3.63, 3.8) is 0 Å². The van der Waals surface area contributed by atoms with E-state index in [0.717, 1.165) is 22.1 Å². The summed E-state index contributed by atoms with van der Waals surface area (Å²) in [5.41, 5.74) is 7.54. The Morgan fingerprint density at radius 3 is 2.81 bits per heavy atom. The van der Waals surface area contributed by atoms with Crippen LogP contribution in [0.3, 0.4) is 0 Å². The zero-order valence-electron chi connectivity index (χ0n) is 11.7. The molecule has 0 aliphatic carbocycles. The summed E-state index contributed by atoms with van der Waals surface area (Å²) in [6.07, 6.45) is 0.755. The van der Waals surface area contributed by atoms with Crippen molar-refractivity contribution in [1.29, 1.82) is 0 Å². The number of halogens is 1. The maximum atomic E-state index is 6.33. The number of hydrogen-bond donors (Lipinski definition) is 1. The van der Waals surface area contributed by atoms with Crippen molar-refractivity contribution in [2.24, 2.45) is 5.73 Å². The average molecular weight is 318 g/mol. The Balaban J connectivity index is 1.98. The fourth-order valence-electron chi connectivity index (χ4n) is 2.52. The molecule has 21 heavy (non-hydrogen) atoms. The van der Waals surface area contributed by atoms with E-state index in [1.54, 1.807) is 18.4 Å². The second kappa shape index (κ2) is 6.06. The first-order valence-corrected chi connectivity index (χ1v) is 7.99. The molecule has 0 amide bonds. The monoisotopic (exact) mass is 317 g/mol. The normalized spacial score (nSPS) is 12.5. The van der Waals surface area contributed by atoms with E-state index in [-0.39, 0.29) is 6.04 Å². The minimum atomic E-state index is -0.0886. The van der Waals surface area contributed by atoms with Gasteiger partial charge in [-0.3, -0.25) is 0 Å². The minimum Gasteiger partial charge on any atom is -0.497 e. The van der Waals surface area contributed by atoms with Crippen LogP contribution in [0.5, 0.6) is 5.75 Å². The van der Waals surface area contributed by atoms with Gasteiger partial charge in [-0.2, -0.15) is 0 Å². The highest BCUT2D eigenvalue weighted by molar-refractivity contribution is 7.10. The first-order valence-electron chi connectivity index (χ1n) is 6.73. The molecule has 3 aromatic rings. The summed E-state index contributed by atoms with van der Waals surface area (Å²) in [6, 6.07) is 14.2. The summed E-state index contributed by atoms with van der Waals surface area (Å²) >= 11 is 7.79. The van der Waals surface area contributed by atoms with Crippen LogP contribution in [0, 0.1) is 0 Å². The van der Waals surface area contributed by atoms with Gasteiger partial charge in [0.25, 0.3) is 0 Å². The topological polar surface area (TPSA) is 35.2 Å². The molecule has 0 aliphatic rings. The van der Waals surface area contributed by atoms with Crippen molar-refractivity contribution >= 4 is 33.7 Å². The number of methoxy groups -OCH3 is 1. The first-order chi connectivity index (χ1) is 10.2. The number of rotatable bonds is 4. The van der Waals surface area contributed by atoms with Crippen LogP contribution in [0.15, 0.2) is 47.8 Å². The molecule has 4 heteroatoms. The third-order valence-electron chi connectivity index (χ3n) is 3.60. The third-order valence-corrected chi connectivity index (χ3v) is 5.09. The third kappa shape index (κ3) is 2.91. The van der Waals surface area contributed by atoms with Gasteiger partial charge in [-0.25, -0.2) is 0 Å². The molecule has 0 spiro atoms. The largest absolute Gasteiger partial charge is 0.497 e. The second-order valence-electron chi connectivity index (χ2n) is 4.95. The van der Waals surface area contributed by atoms with Gasteiger partial charge in [-0.15, -0.1) is 11.3 Å². The number of hydrogen-bond acceptors (Lipinski definition) is 3. The van der Waals surface area contributed by atoms with E-state index in [0.29, 0.717) is 0 Å². The Hall–Kier alpha value is -1.55. The van der Waals surface area contributed by atoms with Gasteiger partial charge < -0.3 is 10.5 Å². The molecule has 2 aromatic carbocycles. The maximum absolute atomic E-state index is 6.33. The van der Waals surface area contributed by atoms with Crippen molar-refractivity contribution in [3.05, 3.63) is 63.3 Å². The van der Waals surface area contributed by atoms with Crippen molar-refractivity contribution in [1.82, 2.24) is 0 Å². The molecule has 1 heterocycles. The smallest absolute Gasteiger partial charge is 0.119 e. The lowest BCUT2D eigenvalue weighted by Gasteiger charge is -2.13. The van der Waals surface area contributed by atoms with Crippen molar-refractivity contribution in [3.8, 4) is 5.75 Å². The van der Waals surface area contributed by atoms with Crippen LogP contribution in [0.1, 0.15) is 16.5 Å². The second-order valence-corrected chi connectivity index (χ2v) is 6.30. The Bertz CT molecular complexity index is 768. The molecule has 1 aromatic heterocycles. The average Bonchev–Trinajstić information content (AvgIpc) is 2.93. The molecule has 1 atom stereocenters. The zero-order valence-corrected chi connectivity index (χ0v) is 13.2. The molecular formula is C17H16ClNOS. The zero-order chi connectivity index (χ0) is 14.8. The summed E-state index contributed by atoms with van der Waals surface area (Å²) < 4.78 is 5.32. The minimum absolute atomic E-state index is 0.0886. The number of nitrogens with two attached hydrogens (primary N) is 1. The lowest BCUT2D eigenvalue weighted by molar-refractivity contribution is 0.415. The summed E-state index contributed by atoms with van der Waals surface area (Å²) in [7, 11) is 1.68. The van der Waals surface area contributed by atoms with Gasteiger partial charge >= 0.3 is 0 Å². The number of thiophene rings is 1. The molecule has 0 aliphatic heterocycles. The van der Waals surface area contributed by atoms with Gasteiger partial charge in [0.15, 0.2) is 0 Å². The van der Waals surface area contributed by atoms with Crippen molar-refractivity contribution < 1.29 is 4.74 Å². The van der Waals surface area contributed by atoms with Crippen LogP contribution in [0.2, 0.25) is 5.02 Å².